The Morgan fingerprint density at radius 1 is 0.568 bits per heavy atom. The second-order valence-electron chi connectivity index (χ2n) is 10.2. The number of carbonyl (C=O) groups excluding carboxylic acids is 1. The first-order valence-electron chi connectivity index (χ1n) is 12.7. The average molecular weight is 541 g/mol. The van der Waals surface area contributed by atoms with Crippen molar-refractivity contribution in [3.05, 3.63) is 148 Å². The summed E-state index contributed by atoms with van der Waals surface area (Å²) in [4.78, 5) is 16.3. The Morgan fingerprint density at radius 2 is 1.16 bits per heavy atom. The van der Waals surface area contributed by atoms with E-state index < -0.39 is 5.41 Å². The fourth-order valence-corrected chi connectivity index (χ4v) is 9.33. The molecule has 0 saturated heterocycles. The second-order valence-corrected chi connectivity index (χ2v) is 12.3. The van der Waals surface area contributed by atoms with Crippen molar-refractivity contribution in [3.63, 3.8) is 0 Å². The molecule has 0 saturated carbocycles. The molecule has 0 N–H and O–H groups in total. The molecule has 0 bridgehead atoms. The van der Waals surface area contributed by atoms with Crippen molar-refractivity contribution >= 4 is 46.7 Å². The van der Waals surface area contributed by atoms with Crippen LogP contribution >= 0.6 is 0 Å². The Bertz CT molecular complexity index is 1770. The number of ketones is 1. The fourth-order valence-electron chi connectivity index (χ4n) is 6.76. The second kappa shape index (κ2) is 7.32. The number of rotatable bonds is 0. The van der Waals surface area contributed by atoms with Gasteiger partial charge in [-0.25, -0.2) is 0 Å². The van der Waals surface area contributed by atoms with Crippen LogP contribution in [0.1, 0.15) is 49.3 Å². The van der Waals surface area contributed by atoms with Crippen LogP contribution in [0.15, 0.2) is 103 Å². The minimum absolute atomic E-state index is 0.114. The number of nitrogens with zero attached hydrogens (tertiary/aromatic N) is 1. The van der Waals surface area contributed by atoms with Crippen LogP contribution < -0.4 is 13.8 Å². The standard InChI is InChI=1S/C34H23NOSe/c1-20-10-9-17-29-32(20)37-33-21(2)18-19-27-30(33)35(29)28-16-8-7-15-26(28)34(27)24-13-5-3-11-22(24)31(36)23-12-4-6-14-25(23)34/h3-19H,1-2H3. The van der Waals surface area contributed by atoms with Crippen molar-refractivity contribution < 1.29 is 4.79 Å². The van der Waals surface area contributed by atoms with Crippen molar-refractivity contribution in [1.82, 2.24) is 0 Å². The molecule has 0 amide bonds. The van der Waals surface area contributed by atoms with E-state index in [1.54, 1.807) is 0 Å². The Morgan fingerprint density at radius 3 is 1.89 bits per heavy atom. The van der Waals surface area contributed by atoms with Crippen LogP contribution in [0.4, 0.5) is 17.1 Å². The van der Waals surface area contributed by atoms with Gasteiger partial charge in [-0.05, 0) is 0 Å². The maximum absolute atomic E-state index is 13.8. The minimum atomic E-state index is -0.566. The molecule has 5 aromatic rings. The number of benzene rings is 5. The summed E-state index contributed by atoms with van der Waals surface area (Å²) in [6.45, 7) is 4.49. The number of carbonyl (C=O) groups is 1. The Labute approximate surface area is 222 Å². The van der Waals surface area contributed by atoms with Gasteiger partial charge in [0.25, 0.3) is 0 Å². The zero-order valence-corrected chi connectivity index (χ0v) is 22.3. The van der Waals surface area contributed by atoms with Gasteiger partial charge in [0.2, 0.25) is 0 Å². The molecule has 2 nitrogen and oxygen atoms in total. The van der Waals surface area contributed by atoms with E-state index >= 15 is 0 Å². The Kier molecular flexibility index (Phi) is 4.19. The first-order valence-corrected chi connectivity index (χ1v) is 14.4. The van der Waals surface area contributed by atoms with Gasteiger partial charge in [-0.3, -0.25) is 0 Å². The molecule has 2 heterocycles. The summed E-state index contributed by atoms with van der Waals surface area (Å²) in [5.74, 6) is 0.114. The van der Waals surface area contributed by atoms with E-state index in [-0.39, 0.29) is 20.7 Å². The molecule has 0 aromatic heterocycles. The van der Waals surface area contributed by atoms with E-state index in [9.17, 15) is 4.79 Å². The molecule has 0 atom stereocenters. The van der Waals surface area contributed by atoms with Crippen LogP contribution in [0, 0.1) is 13.8 Å². The van der Waals surface area contributed by atoms with Gasteiger partial charge < -0.3 is 0 Å². The maximum atomic E-state index is 13.8. The molecule has 2 aliphatic heterocycles. The Balaban J connectivity index is 1.61. The zero-order chi connectivity index (χ0) is 24.9. The van der Waals surface area contributed by atoms with E-state index in [4.69, 9.17) is 0 Å². The van der Waals surface area contributed by atoms with E-state index in [0.717, 1.165) is 22.3 Å². The molecule has 3 heteroatoms. The molecule has 1 spiro atoms. The summed E-state index contributed by atoms with van der Waals surface area (Å²) in [5.41, 5.74) is 12.2. The van der Waals surface area contributed by atoms with E-state index in [1.807, 2.05) is 24.3 Å². The molecule has 37 heavy (non-hydrogen) atoms. The molecule has 8 rings (SSSR count). The molecular formula is C34H23NOSe. The quantitative estimate of drug-likeness (QED) is 0.221. The van der Waals surface area contributed by atoms with E-state index in [0.29, 0.717) is 0 Å². The number of para-hydroxylation sites is 1. The van der Waals surface area contributed by atoms with Crippen molar-refractivity contribution in [2.24, 2.45) is 0 Å². The van der Waals surface area contributed by atoms with Gasteiger partial charge in [0, 0.05) is 0 Å². The molecular weight excluding hydrogens is 517 g/mol. The van der Waals surface area contributed by atoms with E-state index in [1.165, 1.54) is 48.2 Å². The number of anilines is 3. The first-order chi connectivity index (χ1) is 18.1. The number of fused-ring (bicyclic) bond motifs is 10. The summed E-state index contributed by atoms with van der Waals surface area (Å²) in [6.07, 6.45) is 0. The fraction of sp³-hybridized carbons (Fsp3) is 0.0882. The van der Waals surface area contributed by atoms with Gasteiger partial charge in [-0.1, -0.05) is 0 Å². The summed E-state index contributed by atoms with van der Waals surface area (Å²) in [7, 11) is 0. The molecule has 3 aliphatic rings. The van der Waals surface area contributed by atoms with E-state index in [2.05, 4.69) is 97.6 Å². The van der Waals surface area contributed by atoms with Crippen LogP contribution in [-0.4, -0.2) is 20.7 Å². The summed E-state index contributed by atoms with van der Waals surface area (Å²) in [6, 6.07) is 36.7. The van der Waals surface area contributed by atoms with Crippen LogP contribution in [-0.2, 0) is 5.41 Å². The van der Waals surface area contributed by atoms with Crippen molar-refractivity contribution in [2.75, 3.05) is 4.90 Å². The third kappa shape index (κ3) is 2.49. The van der Waals surface area contributed by atoms with Crippen LogP contribution in [0.5, 0.6) is 0 Å². The topological polar surface area (TPSA) is 20.3 Å². The molecule has 176 valence electrons. The van der Waals surface area contributed by atoms with Gasteiger partial charge in [0.1, 0.15) is 0 Å². The van der Waals surface area contributed by atoms with Crippen molar-refractivity contribution in [2.45, 2.75) is 19.3 Å². The molecule has 0 radical (unpaired) electrons. The molecule has 1 aliphatic carbocycles. The molecule has 5 aromatic carbocycles. The van der Waals surface area contributed by atoms with Crippen molar-refractivity contribution in [1.29, 1.82) is 0 Å². The predicted octanol–water partition coefficient (Wildman–Crippen LogP) is 5.98. The summed E-state index contributed by atoms with van der Waals surface area (Å²) >= 11 is 0.184. The van der Waals surface area contributed by atoms with Crippen LogP contribution in [0.25, 0.3) is 0 Å². The molecule has 0 fully saturated rings. The summed E-state index contributed by atoms with van der Waals surface area (Å²) in [5, 5.41) is 0. The van der Waals surface area contributed by atoms with Gasteiger partial charge in [0.15, 0.2) is 0 Å². The van der Waals surface area contributed by atoms with Gasteiger partial charge in [-0.2, -0.15) is 0 Å². The van der Waals surface area contributed by atoms with Crippen LogP contribution in [0.3, 0.4) is 0 Å². The predicted molar refractivity (Wildman–Crippen MR) is 151 cm³/mol. The van der Waals surface area contributed by atoms with Crippen molar-refractivity contribution in [3.8, 4) is 0 Å². The SMILES string of the molecule is Cc1cccc2c1[Se]c1c(C)ccc3c1N2c1ccccc1C31c2ccccc2C(=O)c2ccccc21. The van der Waals surface area contributed by atoms with Crippen LogP contribution in [0.2, 0.25) is 0 Å². The monoisotopic (exact) mass is 541 g/mol. The zero-order valence-electron chi connectivity index (χ0n) is 20.6. The van der Waals surface area contributed by atoms with Gasteiger partial charge >= 0.3 is 223 Å². The average Bonchev–Trinajstić information content (AvgIpc) is 2.94. The summed E-state index contributed by atoms with van der Waals surface area (Å²) < 4.78 is 2.89. The normalized spacial score (nSPS) is 15.4. The number of hydrogen-bond acceptors (Lipinski definition) is 2. The third-order valence-corrected chi connectivity index (χ3v) is 11.3. The van der Waals surface area contributed by atoms with Gasteiger partial charge in [0.05, 0.1) is 0 Å². The third-order valence-electron chi connectivity index (χ3n) is 8.29. The number of aryl methyl sites for hydroxylation is 2. The number of hydrogen-bond donors (Lipinski definition) is 0. The molecule has 0 unspecified atom stereocenters. The Hall–Kier alpha value is -3.91. The van der Waals surface area contributed by atoms with Gasteiger partial charge in [-0.15, -0.1) is 0 Å². The first kappa shape index (κ1) is 21.2.